The molecule has 1 atom stereocenters. The molecule has 7 nitrogen and oxygen atoms in total. The number of nitrogens with one attached hydrogen (secondary N) is 1. The zero-order valence-corrected chi connectivity index (χ0v) is 15.2. The summed E-state index contributed by atoms with van der Waals surface area (Å²) >= 11 is 0. The standard InChI is InChI=1S/C19H23N7/c1-3-15-19-24-23-12(2)25(19)16-11-21-17(14-9-6-10-20-14)22-18(16)26(15)13-7-4-5-8-13/h6,9-11,13,15,20H,3-5,7-8H2,1-2H3/t15-/m1/s1. The molecule has 1 aliphatic carbocycles. The van der Waals surface area contributed by atoms with E-state index in [1.165, 1.54) is 25.7 Å². The first-order valence-corrected chi connectivity index (χ1v) is 9.49. The summed E-state index contributed by atoms with van der Waals surface area (Å²) in [6, 6.07) is 4.70. The molecule has 0 bridgehead atoms. The predicted molar refractivity (Wildman–Crippen MR) is 99.2 cm³/mol. The molecule has 2 aliphatic rings. The average molecular weight is 349 g/mol. The van der Waals surface area contributed by atoms with E-state index in [1.54, 1.807) is 0 Å². The highest BCUT2D eigenvalue weighted by molar-refractivity contribution is 5.66. The quantitative estimate of drug-likeness (QED) is 0.782. The minimum absolute atomic E-state index is 0.207. The number of H-pyrrole nitrogens is 1. The molecule has 1 fully saturated rings. The van der Waals surface area contributed by atoms with E-state index >= 15 is 0 Å². The molecular weight excluding hydrogens is 326 g/mol. The molecule has 3 aromatic rings. The third-order valence-electron chi connectivity index (χ3n) is 5.66. The summed E-state index contributed by atoms with van der Waals surface area (Å²) in [5, 5.41) is 8.86. The minimum Gasteiger partial charge on any atom is -0.359 e. The molecule has 7 heteroatoms. The van der Waals surface area contributed by atoms with Crippen molar-refractivity contribution in [3.63, 3.8) is 0 Å². The van der Waals surface area contributed by atoms with Gasteiger partial charge in [0.05, 0.1) is 17.9 Å². The van der Waals surface area contributed by atoms with Crippen LogP contribution in [-0.4, -0.2) is 35.8 Å². The Morgan fingerprint density at radius 1 is 1.23 bits per heavy atom. The summed E-state index contributed by atoms with van der Waals surface area (Å²) in [6.07, 6.45) is 9.81. The van der Waals surface area contributed by atoms with Crippen LogP contribution in [-0.2, 0) is 0 Å². The summed E-state index contributed by atoms with van der Waals surface area (Å²) in [4.78, 5) is 15.3. The number of aryl methyl sites for hydroxylation is 1. The maximum absolute atomic E-state index is 5.01. The van der Waals surface area contributed by atoms with Gasteiger partial charge in [0.2, 0.25) is 0 Å². The van der Waals surface area contributed by atoms with Crippen LogP contribution in [0.1, 0.15) is 56.7 Å². The highest BCUT2D eigenvalue weighted by Crippen LogP contribution is 2.43. The van der Waals surface area contributed by atoms with E-state index < -0.39 is 0 Å². The van der Waals surface area contributed by atoms with Crippen LogP contribution in [0.25, 0.3) is 17.2 Å². The van der Waals surface area contributed by atoms with Crippen molar-refractivity contribution < 1.29 is 0 Å². The van der Waals surface area contributed by atoms with Gasteiger partial charge in [-0.25, -0.2) is 9.97 Å². The van der Waals surface area contributed by atoms with Gasteiger partial charge in [-0.2, -0.15) is 0 Å². The Bertz CT molecular complexity index is 922. The third kappa shape index (κ3) is 2.19. The monoisotopic (exact) mass is 349 g/mol. The number of hydrogen-bond donors (Lipinski definition) is 1. The molecule has 1 saturated carbocycles. The van der Waals surface area contributed by atoms with Crippen molar-refractivity contribution in [1.82, 2.24) is 29.7 Å². The lowest BCUT2D eigenvalue weighted by molar-refractivity contribution is 0.468. The van der Waals surface area contributed by atoms with Crippen molar-refractivity contribution in [2.75, 3.05) is 4.90 Å². The number of hydrogen-bond acceptors (Lipinski definition) is 5. The van der Waals surface area contributed by atoms with Crippen LogP contribution < -0.4 is 4.90 Å². The van der Waals surface area contributed by atoms with Gasteiger partial charge in [-0.3, -0.25) is 4.57 Å². The molecule has 1 N–H and O–H groups in total. The van der Waals surface area contributed by atoms with E-state index in [-0.39, 0.29) is 6.04 Å². The van der Waals surface area contributed by atoms with Crippen molar-refractivity contribution in [3.05, 3.63) is 36.2 Å². The van der Waals surface area contributed by atoms with Gasteiger partial charge in [-0.15, -0.1) is 10.2 Å². The number of nitrogens with zero attached hydrogens (tertiary/aromatic N) is 6. The second-order valence-electron chi connectivity index (χ2n) is 7.20. The van der Waals surface area contributed by atoms with Gasteiger partial charge in [0.1, 0.15) is 11.5 Å². The molecule has 0 amide bonds. The Balaban J connectivity index is 1.73. The lowest BCUT2D eigenvalue weighted by Gasteiger charge is -2.41. The van der Waals surface area contributed by atoms with Gasteiger partial charge < -0.3 is 9.88 Å². The minimum atomic E-state index is 0.207. The fourth-order valence-electron chi connectivity index (χ4n) is 4.47. The van der Waals surface area contributed by atoms with Gasteiger partial charge in [-0.05, 0) is 38.3 Å². The number of rotatable bonds is 3. The van der Waals surface area contributed by atoms with E-state index in [9.17, 15) is 0 Å². The fourth-order valence-corrected chi connectivity index (χ4v) is 4.47. The number of aromatic amines is 1. The van der Waals surface area contributed by atoms with E-state index in [4.69, 9.17) is 4.98 Å². The maximum Gasteiger partial charge on any atom is 0.178 e. The van der Waals surface area contributed by atoms with Crippen LogP contribution in [0.3, 0.4) is 0 Å². The highest BCUT2D eigenvalue weighted by Gasteiger charge is 2.39. The first-order chi connectivity index (χ1) is 12.8. The fraction of sp³-hybridized carbons (Fsp3) is 0.474. The topological polar surface area (TPSA) is 75.5 Å². The summed E-state index contributed by atoms with van der Waals surface area (Å²) in [7, 11) is 0. The van der Waals surface area contributed by atoms with Crippen LogP contribution in [0.2, 0.25) is 0 Å². The van der Waals surface area contributed by atoms with Gasteiger partial charge >= 0.3 is 0 Å². The zero-order chi connectivity index (χ0) is 17.7. The lowest BCUT2D eigenvalue weighted by Crippen LogP contribution is -2.42. The third-order valence-corrected chi connectivity index (χ3v) is 5.66. The van der Waals surface area contributed by atoms with Crippen LogP contribution in [0.4, 0.5) is 5.82 Å². The molecule has 0 radical (unpaired) electrons. The second kappa shape index (κ2) is 5.93. The summed E-state index contributed by atoms with van der Waals surface area (Å²) in [6.45, 7) is 4.22. The Labute approximate surface area is 152 Å². The molecule has 1 aliphatic heterocycles. The second-order valence-corrected chi connectivity index (χ2v) is 7.20. The number of fused-ring (bicyclic) bond motifs is 3. The van der Waals surface area contributed by atoms with Gasteiger partial charge in [0.15, 0.2) is 17.5 Å². The first kappa shape index (κ1) is 15.5. The smallest absolute Gasteiger partial charge is 0.178 e. The van der Waals surface area contributed by atoms with Crippen LogP contribution in [0.15, 0.2) is 24.5 Å². The molecule has 0 saturated heterocycles. The van der Waals surface area contributed by atoms with Crippen molar-refractivity contribution in [1.29, 1.82) is 0 Å². The average Bonchev–Trinajstić information content (AvgIpc) is 3.42. The molecule has 3 aromatic heterocycles. The molecule has 134 valence electrons. The summed E-state index contributed by atoms with van der Waals surface area (Å²) in [5.41, 5.74) is 1.94. The van der Waals surface area contributed by atoms with Gasteiger partial charge in [0, 0.05) is 12.2 Å². The lowest BCUT2D eigenvalue weighted by atomic mass is 10.0. The molecular formula is C19H23N7. The normalized spacial score (nSPS) is 19.6. The van der Waals surface area contributed by atoms with Crippen molar-refractivity contribution >= 4 is 5.82 Å². The van der Waals surface area contributed by atoms with Gasteiger partial charge in [0.25, 0.3) is 0 Å². The van der Waals surface area contributed by atoms with Crippen LogP contribution >= 0.6 is 0 Å². The van der Waals surface area contributed by atoms with Gasteiger partial charge in [-0.1, -0.05) is 19.8 Å². The molecule has 0 aromatic carbocycles. The van der Waals surface area contributed by atoms with Crippen molar-refractivity contribution in [2.45, 2.75) is 58.0 Å². The number of aromatic nitrogens is 6. The Kier molecular flexibility index (Phi) is 3.55. The molecule has 26 heavy (non-hydrogen) atoms. The van der Waals surface area contributed by atoms with Crippen molar-refractivity contribution in [3.8, 4) is 17.2 Å². The Morgan fingerprint density at radius 2 is 2.08 bits per heavy atom. The summed E-state index contributed by atoms with van der Waals surface area (Å²) < 4.78 is 2.13. The highest BCUT2D eigenvalue weighted by atomic mass is 15.4. The van der Waals surface area contributed by atoms with Crippen LogP contribution in [0, 0.1) is 6.92 Å². The van der Waals surface area contributed by atoms with Crippen LogP contribution in [0.5, 0.6) is 0 Å². The van der Waals surface area contributed by atoms with E-state index in [2.05, 4.69) is 36.6 Å². The SMILES string of the molecule is CC[C@@H]1c2nnc(C)n2-c2cnc(-c3ccc[nH]3)nc2N1C1CCCC1. The molecule has 0 unspecified atom stereocenters. The Morgan fingerprint density at radius 3 is 2.81 bits per heavy atom. The van der Waals surface area contributed by atoms with E-state index in [0.29, 0.717) is 6.04 Å². The van der Waals surface area contributed by atoms with Crippen molar-refractivity contribution in [2.24, 2.45) is 0 Å². The number of anilines is 1. The molecule has 4 heterocycles. The largest absolute Gasteiger partial charge is 0.359 e. The maximum atomic E-state index is 5.01. The van der Waals surface area contributed by atoms with E-state index in [0.717, 1.165) is 41.1 Å². The van der Waals surface area contributed by atoms with E-state index in [1.807, 2.05) is 31.5 Å². The molecule has 5 rings (SSSR count). The zero-order valence-electron chi connectivity index (χ0n) is 15.2. The predicted octanol–water partition coefficient (Wildman–Crippen LogP) is 3.57. The first-order valence-electron chi connectivity index (χ1n) is 9.49. The molecule has 0 spiro atoms. The summed E-state index contributed by atoms with van der Waals surface area (Å²) in [5.74, 6) is 3.65. The Hall–Kier alpha value is -2.70.